The van der Waals surface area contributed by atoms with Crippen molar-refractivity contribution in [3.63, 3.8) is 0 Å². The fourth-order valence-corrected chi connectivity index (χ4v) is 2.97. The second kappa shape index (κ2) is 9.92. The van der Waals surface area contributed by atoms with Crippen LogP contribution < -0.4 is 4.74 Å². The van der Waals surface area contributed by atoms with Crippen LogP contribution in [0.4, 0.5) is 4.79 Å². The molecule has 0 bridgehead atoms. The maximum Gasteiger partial charge on any atom is 0.410 e. The molecule has 24 heavy (non-hydrogen) atoms. The van der Waals surface area contributed by atoms with Gasteiger partial charge in [-0.2, -0.15) is 0 Å². The Bertz CT molecular complexity index is 526. The number of carbonyl (C=O) groups is 1. The molecule has 0 aliphatic heterocycles. The van der Waals surface area contributed by atoms with E-state index in [1.54, 1.807) is 12.0 Å². The second-order valence-corrected chi connectivity index (χ2v) is 7.75. The molecule has 0 radical (unpaired) electrons. The largest absolute Gasteiger partial charge is 0.495 e. The number of nitrogens with zero attached hydrogens (tertiary/aromatic N) is 1. The van der Waals surface area contributed by atoms with E-state index in [0.29, 0.717) is 13.1 Å². The number of benzene rings is 1. The molecule has 1 aromatic carbocycles. The van der Waals surface area contributed by atoms with Crippen LogP contribution in [0.3, 0.4) is 0 Å². The summed E-state index contributed by atoms with van der Waals surface area (Å²) in [6, 6.07) is 5.86. The summed E-state index contributed by atoms with van der Waals surface area (Å²) in [5, 5.41) is 0. The monoisotopic (exact) mass is 399 g/mol. The van der Waals surface area contributed by atoms with Gasteiger partial charge in [-0.25, -0.2) is 4.79 Å². The number of methoxy groups -OCH3 is 1. The summed E-state index contributed by atoms with van der Waals surface area (Å²) in [5.74, 6) is 0.764. The zero-order valence-electron chi connectivity index (χ0n) is 15.5. The van der Waals surface area contributed by atoms with Gasteiger partial charge in [0, 0.05) is 12.1 Å². The van der Waals surface area contributed by atoms with Crippen molar-refractivity contribution in [2.24, 2.45) is 0 Å². The Balaban J connectivity index is 2.88. The van der Waals surface area contributed by atoms with Gasteiger partial charge in [0.2, 0.25) is 0 Å². The predicted octanol–water partition coefficient (Wildman–Crippen LogP) is 5.78. The summed E-state index contributed by atoms with van der Waals surface area (Å²) in [7, 11) is 1.64. The van der Waals surface area contributed by atoms with Crippen LogP contribution in [0.2, 0.25) is 0 Å². The molecule has 5 heteroatoms. The number of rotatable bonds is 8. The van der Waals surface area contributed by atoms with Crippen LogP contribution in [0.1, 0.15) is 58.9 Å². The molecule has 0 aromatic heterocycles. The molecule has 0 unspecified atom stereocenters. The molecule has 1 aromatic rings. The number of para-hydroxylation sites is 1. The highest BCUT2D eigenvalue weighted by Crippen LogP contribution is 2.30. The Labute approximate surface area is 154 Å². The highest BCUT2D eigenvalue weighted by atomic mass is 79.9. The van der Waals surface area contributed by atoms with Crippen molar-refractivity contribution in [1.29, 1.82) is 0 Å². The first kappa shape index (κ1) is 20.8. The Morgan fingerprint density at radius 3 is 2.50 bits per heavy atom. The normalized spacial score (nSPS) is 11.2. The summed E-state index contributed by atoms with van der Waals surface area (Å²) >= 11 is 3.50. The first-order valence-electron chi connectivity index (χ1n) is 8.57. The smallest absolute Gasteiger partial charge is 0.410 e. The van der Waals surface area contributed by atoms with E-state index in [1.807, 2.05) is 39.0 Å². The third-order valence-electron chi connectivity index (χ3n) is 3.55. The maximum atomic E-state index is 12.6. The number of hydrogen-bond acceptors (Lipinski definition) is 3. The van der Waals surface area contributed by atoms with E-state index in [-0.39, 0.29) is 6.09 Å². The van der Waals surface area contributed by atoms with E-state index in [4.69, 9.17) is 9.47 Å². The first-order chi connectivity index (χ1) is 11.3. The Morgan fingerprint density at radius 2 is 1.92 bits per heavy atom. The Hall–Kier alpha value is -1.23. The summed E-state index contributed by atoms with van der Waals surface area (Å²) in [4.78, 5) is 14.3. The minimum atomic E-state index is -0.500. The lowest BCUT2D eigenvalue weighted by Gasteiger charge is -2.28. The lowest BCUT2D eigenvalue weighted by atomic mass is 10.1. The molecule has 0 fully saturated rings. The lowest BCUT2D eigenvalue weighted by Crippen LogP contribution is -2.37. The topological polar surface area (TPSA) is 38.8 Å². The minimum absolute atomic E-state index is 0.277. The number of ether oxygens (including phenoxy) is 2. The highest BCUT2D eigenvalue weighted by molar-refractivity contribution is 9.10. The lowest BCUT2D eigenvalue weighted by molar-refractivity contribution is 0.0229. The van der Waals surface area contributed by atoms with Gasteiger partial charge in [-0.3, -0.25) is 0 Å². The quantitative estimate of drug-likeness (QED) is 0.520. The molecule has 0 heterocycles. The van der Waals surface area contributed by atoms with Gasteiger partial charge >= 0.3 is 6.09 Å². The number of hydrogen-bond donors (Lipinski definition) is 0. The van der Waals surface area contributed by atoms with E-state index >= 15 is 0 Å². The van der Waals surface area contributed by atoms with Crippen molar-refractivity contribution >= 4 is 22.0 Å². The average Bonchev–Trinajstić information content (AvgIpc) is 2.48. The van der Waals surface area contributed by atoms with Crippen molar-refractivity contribution in [3.05, 3.63) is 28.2 Å². The third kappa shape index (κ3) is 7.12. The first-order valence-corrected chi connectivity index (χ1v) is 9.37. The van der Waals surface area contributed by atoms with Gasteiger partial charge in [-0.1, -0.05) is 38.3 Å². The molecule has 0 spiro atoms. The van der Waals surface area contributed by atoms with Crippen molar-refractivity contribution in [1.82, 2.24) is 4.90 Å². The third-order valence-corrected chi connectivity index (χ3v) is 4.17. The standard InChI is InChI=1S/C19H30BrNO3/c1-6-7-8-9-13-21(18(22)24-19(2,3)4)14-15-11-10-12-16(20)17(15)23-5/h10-12H,6-9,13-14H2,1-5H3. The molecule has 0 aliphatic rings. The fraction of sp³-hybridized carbons (Fsp3) is 0.632. The summed E-state index contributed by atoms with van der Waals surface area (Å²) in [5.41, 5.74) is 0.466. The molecular formula is C19H30BrNO3. The summed E-state index contributed by atoms with van der Waals surface area (Å²) in [6.45, 7) is 9.01. The maximum absolute atomic E-state index is 12.6. The van der Waals surface area contributed by atoms with E-state index in [2.05, 4.69) is 22.9 Å². The molecule has 0 aliphatic carbocycles. The van der Waals surface area contributed by atoms with Crippen LogP contribution >= 0.6 is 15.9 Å². The van der Waals surface area contributed by atoms with Crippen LogP contribution in [-0.4, -0.2) is 30.2 Å². The zero-order valence-corrected chi connectivity index (χ0v) is 17.1. The van der Waals surface area contributed by atoms with Crippen molar-refractivity contribution < 1.29 is 14.3 Å². The fourth-order valence-electron chi connectivity index (χ4n) is 2.40. The average molecular weight is 400 g/mol. The molecule has 1 rings (SSSR count). The summed E-state index contributed by atoms with van der Waals surface area (Å²) in [6.07, 6.45) is 4.17. The van der Waals surface area contributed by atoms with Crippen LogP contribution in [0.15, 0.2) is 22.7 Å². The van der Waals surface area contributed by atoms with Crippen LogP contribution in [0, 0.1) is 0 Å². The van der Waals surface area contributed by atoms with Gasteiger partial charge in [-0.05, 0) is 49.2 Å². The van der Waals surface area contributed by atoms with Crippen molar-refractivity contribution in [3.8, 4) is 5.75 Å². The molecule has 0 saturated heterocycles. The highest BCUT2D eigenvalue weighted by Gasteiger charge is 2.23. The van der Waals surface area contributed by atoms with Gasteiger partial charge in [0.1, 0.15) is 11.4 Å². The molecular weight excluding hydrogens is 370 g/mol. The molecule has 0 N–H and O–H groups in total. The minimum Gasteiger partial charge on any atom is -0.495 e. The molecule has 4 nitrogen and oxygen atoms in total. The molecule has 136 valence electrons. The zero-order chi connectivity index (χ0) is 18.2. The van der Waals surface area contributed by atoms with Gasteiger partial charge < -0.3 is 14.4 Å². The van der Waals surface area contributed by atoms with Gasteiger partial charge in [0.05, 0.1) is 18.1 Å². The number of amides is 1. The molecule has 0 saturated carbocycles. The van der Waals surface area contributed by atoms with E-state index in [1.165, 1.54) is 12.8 Å². The van der Waals surface area contributed by atoms with Gasteiger partial charge in [-0.15, -0.1) is 0 Å². The second-order valence-electron chi connectivity index (χ2n) is 6.89. The van der Waals surface area contributed by atoms with Crippen LogP contribution in [0.25, 0.3) is 0 Å². The molecule has 0 atom stereocenters. The van der Waals surface area contributed by atoms with Crippen molar-refractivity contribution in [2.45, 2.75) is 65.5 Å². The van der Waals surface area contributed by atoms with E-state index in [9.17, 15) is 4.79 Å². The van der Waals surface area contributed by atoms with Crippen molar-refractivity contribution in [2.75, 3.05) is 13.7 Å². The van der Waals surface area contributed by atoms with E-state index in [0.717, 1.165) is 28.6 Å². The predicted molar refractivity (Wildman–Crippen MR) is 101 cm³/mol. The number of halogens is 1. The number of unbranched alkanes of at least 4 members (excludes halogenated alkanes) is 3. The van der Waals surface area contributed by atoms with Crippen LogP contribution in [-0.2, 0) is 11.3 Å². The summed E-state index contributed by atoms with van der Waals surface area (Å²) < 4.78 is 11.9. The van der Waals surface area contributed by atoms with Crippen LogP contribution in [0.5, 0.6) is 5.75 Å². The van der Waals surface area contributed by atoms with Gasteiger partial charge in [0.25, 0.3) is 0 Å². The van der Waals surface area contributed by atoms with Gasteiger partial charge in [0.15, 0.2) is 0 Å². The Kier molecular flexibility index (Phi) is 8.60. The molecule has 1 amide bonds. The number of carbonyl (C=O) groups excluding carboxylic acids is 1. The van der Waals surface area contributed by atoms with E-state index < -0.39 is 5.60 Å². The SMILES string of the molecule is CCCCCCN(Cc1cccc(Br)c1OC)C(=O)OC(C)(C)C. The Morgan fingerprint density at radius 1 is 1.21 bits per heavy atom.